The van der Waals surface area contributed by atoms with E-state index in [-0.39, 0.29) is 17.7 Å². The van der Waals surface area contributed by atoms with Crippen molar-refractivity contribution in [2.24, 2.45) is 5.92 Å². The zero-order valence-electron chi connectivity index (χ0n) is 14.6. The third-order valence-corrected chi connectivity index (χ3v) is 4.83. The molecule has 0 heterocycles. The van der Waals surface area contributed by atoms with Crippen LogP contribution in [-0.2, 0) is 4.79 Å². The molecule has 1 unspecified atom stereocenters. The molecule has 0 aromatic heterocycles. The highest BCUT2D eigenvalue weighted by Crippen LogP contribution is 2.23. The number of rotatable bonds is 5. The molecule has 1 aromatic rings. The van der Waals surface area contributed by atoms with Crippen molar-refractivity contribution in [3.05, 3.63) is 35.4 Å². The first-order valence-corrected chi connectivity index (χ1v) is 8.55. The van der Waals surface area contributed by atoms with Crippen molar-refractivity contribution in [2.75, 3.05) is 7.05 Å². The predicted octanol–water partition coefficient (Wildman–Crippen LogP) is 3.15. The van der Waals surface area contributed by atoms with Gasteiger partial charge in [-0.15, -0.1) is 0 Å². The lowest BCUT2D eigenvalue weighted by molar-refractivity contribution is -0.135. The standard InChI is InChI=1S/C19H28N2O2/c1-13(2)17(19(23)21(4)15-10-6-7-11-15)20-18(22)16-12-8-5-9-14(16)3/h5,8-9,12-13,15,17H,6-7,10-11H2,1-4H3,(H,20,22). The van der Waals surface area contributed by atoms with Crippen LogP contribution in [-0.4, -0.2) is 35.8 Å². The van der Waals surface area contributed by atoms with Crippen LogP contribution in [0.3, 0.4) is 0 Å². The molecule has 1 aromatic carbocycles. The summed E-state index contributed by atoms with van der Waals surface area (Å²) in [5.41, 5.74) is 1.55. The first-order chi connectivity index (χ1) is 10.9. The zero-order valence-corrected chi connectivity index (χ0v) is 14.6. The van der Waals surface area contributed by atoms with Gasteiger partial charge in [0.15, 0.2) is 0 Å². The summed E-state index contributed by atoms with van der Waals surface area (Å²) in [6.45, 7) is 5.86. The molecule has 2 amide bonds. The Morgan fingerprint density at radius 1 is 1.17 bits per heavy atom. The number of aryl methyl sites for hydroxylation is 1. The predicted molar refractivity (Wildman–Crippen MR) is 92.3 cm³/mol. The van der Waals surface area contributed by atoms with Crippen molar-refractivity contribution in [2.45, 2.75) is 58.5 Å². The molecule has 23 heavy (non-hydrogen) atoms. The molecule has 1 saturated carbocycles. The van der Waals surface area contributed by atoms with Crippen LogP contribution in [0.25, 0.3) is 0 Å². The highest BCUT2D eigenvalue weighted by molar-refractivity contribution is 5.98. The van der Waals surface area contributed by atoms with Gasteiger partial charge in [0.1, 0.15) is 6.04 Å². The Bertz CT molecular complexity index is 562. The smallest absolute Gasteiger partial charge is 0.252 e. The third-order valence-electron chi connectivity index (χ3n) is 4.83. The summed E-state index contributed by atoms with van der Waals surface area (Å²) in [6, 6.07) is 7.30. The van der Waals surface area contributed by atoms with Crippen LogP contribution in [0, 0.1) is 12.8 Å². The molecule has 126 valence electrons. The fourth-order valence-electron chi connectivity index (χ4n) is 3.25. The SMILES string of the molecule is Cc1ccccc1C(=O)NC(C(=O)N(C)C1CCCC1)C(C)C. The van der Waals surface area contributed by atoms with Crippen molar-refractivity contribution in [1.29, 1.82) is 0 Å². The fourth-order valence-corrected chi connectivity index (χ4v) is 3.25. The summed E-state index contributed by atoms with van der Waals surface area (Å²) in [4.78, 5) is 27.2. The lowest BCUT2D eigenvalue weighted by Crippen LogP contribution is -2.52. The van der Waals surface area contributed by atoms with Crippen molar-refractivity contribution in [3.63, 3.8) is 0 Å². The number of benzene rings is 1. The van der Waals surface area contributed by atoms with Gasteiger partial charge in [0, 0.05) is 18.7 Å². The summed E-state index contributed by atoms with van der Waals surface area (Å²) in [5.74, 6) is -0.0943. The van der Waals surface area contributed by atoms with Crippen LogP contribution in [0.15, 0.2) is 24.3 Å². The molecule has 0 spiro atoms. The van der Waals surface area contributed by atoms with E-state index in [1.807, 2.05) is 50.9 Å². The van der Waals surface area contributed by atoms with Crippen LogP contribution in [0.1, 0.15) is 55.5 Å². The molecule has 0 aliphatic heterocycles. The molecule has 1 atom stereocenters. The maximum absolute atomic E-state index is 12.8. The average molecular weight is 316 g/mol. The second-order valence-corrected chi connectivity index (χ2v) is 6.90. The normalized spacial score (nSPS) is 16.4. The van der Waals surface area contributed by atoms with E-state index >= 15 is 0 Å². The van der Waals surface area contributed by atoms with E-state index in [0.29, 0.717) is 11.6 Å². The quantitative estimate of drug-likeness (QED) is 0.907. The minimum absolute atomic E-state index is 0.0221. The molecular weight excluding hydrogens is 288 g/mol. The minimum atomic E-state index is -0.479. The fraction of sp³-hybridized carbons (Fsp3) is 0.579. The van der Waals surface area contributed by atoms with E-state index in [4.69, 9.17) is 0 Å². The molecule has 1 fully saturated rings. The van der Waals surface area contributed by atoms with Crippen molar-refractivity contribution in [1.82, 2.24) is 10.2 Å². The molecule has 0 bridgehead atoms. The van der Waals surface area contributed by atoms with Gasteiger partial charge in [-0.1, -0.05) is 44.9 Å². The Labute approximate surface area is 139 Å². The molecular formula is C19H28N2O2. The van der Waals surface area contributed by atoms with E-state index in [1.54, 1.807) is 6.07 Å². The van der Waals surface area contributed by atoms with Gasteiger partial charge in [0.05, 0.1) is 0 Å². The lowest BCUT2D eigenvalue weighted by Gasteiger charge is -2.31. The molecule has 2 rings (SSSR count). The van der Waals surface area contributed by atoms with E-state index in [0.717, 1.165) is 18.4 Å². The van der Waals surface area contributed by atoms with Gasteiger partial charge in [0.25, 0.3) is 5.91 Å². The Kier molecular flexibility index (Phi) is 5.80. The maximum Gasteiger partial charge on any atom is 0.252 e. The van der Waals surface area contributed by atoms with E-state index in [1.165, 1.54) is 12.8 Å². The van der Waals surface area contributed by atoms with E-state index in [2.05, 4.69) is 5.32 Å². The highest BCUT2D eigenvalue weighted by atomic mass is 16.2. The van der Waals surface area contributed by atoms with E-state index in [9.17, 15) is 9.59 Å². The Balaban J connectivity index is 2.10. The Morgan fingerprint density at radius 2 is 1.78 bits per heavy atom. The molecule has 1 N–H and O–H groups in total. The summed E-state index contributed by atoms with van der Waals surface area (Å²) in [6.07, 6.45) is 4.51. The van der Waals surface area contributed by atoms with Crippen LogP contribution >= 0.6 is 0 Å². The van der Waals surface area contributed by atoms with Gasteiger partial charge in [-0.25, -0.2) is 0 Å². The van der Waals surface area contributed by atoms with Crippen LogP contribution in [0.5, 0.6) is 0 Å². The first-order valence-electron chi connectivity index (χ1n) is 8.55. The van der Waals surface area contributed by atoms with Crippen molar-refractivity contribution in [3.8, 4) is 0 Å². The maximum atomic E-state index is 12.8. The number of nitrogens with one attached hydrogen (secondary N) is 1. The monoisotopic (exact) mass is 316 g/mol. The van der Waals surface area contributed by atoms with E-state index < -0.39 is 6.04 Å². The molecule has 1 aliphatic rings. The molecule has 4 nitrogen and oxygen atoms in total. The minimum Gasteiger partial charge on any atom is -0.341 e. The van der Waals surface area contributed by atoms with Crippen LogP contribution in [0.4, 0.5) is 0 Å². The highest BCUT2D eigenvalue weighted by Gasteiger charge is 2.31. The number of carbonyl (C=O) groups is 2. The Hall–Kier alpha value is -1.84. The first kappa shape index (κ1) is 17.5. The number of likely N-dealkylation sites (N-methyl/N-ethyl adjacent to an activating group) is 1. The molecule has 0 saturated heterocycles. The van der Waals surface area contributed by atoms with Gasteiger partial charge in [-0.05, 0) is 37.3 Å². The van der Waals surface area contributed by atoms with Gasteiger partial charge in [0.2, 0.25) is 5.91 Å². The number of hydrogen-bond donors (Lipinski definition) is 1. The number of nitrogens with zero attached hydrogens (tertiary/aromatic N) is 1. The molecule has 1 aliphatic carbocycles. The summed E-state index contributed by atoms with van der Waals surface area (Å²) < 4.78 is 0. The van der Waals surface area contributed by atoms with Gasteiger partial charge < -0.3 is 10.2 Å². The van der Waals surface area contributed by atoms with Gasteiger partial charge in [-0.2, -0.15) is 0 Å². The van der Waals surface area contributed by atoms with Gasteiger partial charge >= 0.3 is 0 Å². The average Bonchev–Trinajstić information content (AvgIpc) is 3.05. The number of amides is 2. The van der Waals surface area contributed by atoms with Crippen LogP contribution in [0.2, 0.25) is 0 Å². The summed E-state index contributed by atoms with van der Waals surface area (Å²) >= 11 is 0. The van der Waals surface area contributed by atoms with Crippen molar-refractivity contribution >= 4 is 11.8 Å². The number of carbonyl (C=O) groups excluding carboxylic acids is 2. The lowest BCUT2D eigenvalue weighted by atomic mass is 10.0. The third kappa shape index (κ3) is 4.12. The molecule has 4 heteroatoms. The summed E-state index contributed by atoms with van der Waals surface area (Å²) in [5, 5.41) is 2.95. The second kappa shape index (κ2) is 7.62. The second-order valence-electron chi connectivity index (χ2n) is 6.90. The molecule has 0 radical (unpaired) electrons. The summed E-state index contributed by atoms with van der Waals surface area (Å²) in [7, 11) is 1.87. The van der Waals surface area contributed by atoms with Gasteiger partial charge in [-0.3, -0.25) is 9.59 Å². The topological polar surface area (TPSA) is 49.4 Å². The zero-order chi connectivity index (χ0) is 17.0. The van der Waals surface area contributed by atoms with Crippen molar-refractivity contribution < 1.29 is 9.59 Å². The largest absolute Gasteiger partial charge is 0.341 e. The number of hydrogen-bond acceptors (Lipinski definition) is 2. The van der Waals surface area contributed by atoms with Crippen LogP contribution < -0.4 is 5.32 Å². The Morgan fingerprint density at radius 3 is 2.35 bits per heavy atom.